The van der Waals surface area contributed by atoms with Crippen molar-refractivity contribution in [1.29, 1.82) is 0 Å². The molecule has 4 nitrogen and oxygen atoms in total. The van der Waals surface area contributed by atoms with Gasteiger partial charge in [-0.3, -0.25) is 9.59 Å². The number of carbonyl (C=O) groups is 2. The van der Waals surface area contributed by atoms with Crippen LogP contribution in [0.3, 0.4) is 0 Å². The molecule has 0 heterocycles. The number of ketones is 1. The van der Waals surface area contributed by atoms with Crippen molar-refractivity contribution < 1.29 is 14.7 Å². The fraction of sp³-hybridized carbons (Fsp3) is 0.333. The zero-order valence-corrected chi connectivity index (χ0v) is 9.36. The lowest BCUT2D eigenvalue weighted by Crippen LogP contribution is -2.40. The number of hydrogen-bond acceptors (Lipinski definition) is 3. The molecule has 1 atom stereocenters. The van der Waals surface area contributed by atoms with Gasteiger partial charge in [0.25, 0.3) is 0 Å². The van der Waals surface area contributed by atoms with Gasteiger partial charge in [0.2, 0.25) is 11.7 Å². The summed E-state index contributed by atoms with van der Waals surface area (Å²) in [6.07, 6.45) is -1.23. The summed E-state index contributed by atoms with van der Waals surface area (Å²) in [5.41, 5.74) is 1.41. The van der Waals surface area contributed by atoms with Gasteiger partial charge in [-0.1, -0.05) is 36.8 Å². The molecule has 0 aromatic heterocycles. The lowest BCUT2D eigenvalue weighted by atomic mass is 10.1. The minimum atomic E-state index is -1.46. The van der Waals surface area contributed by atoms with E-state index in [-0.39, 0.29) is 12.3 Å². The number of aliphatic hydroxyl groups is 1. The first-order valence-corrected chi connectivity index (χ1v) is 5.13. The zero-order valence-electron chi connectivity index (χ0n) is 9.36. The fourth-order valence-electron chi connectivity index (χ4n) is 1.20. The Morgan fingerprint density at radius 2 is 1.88 bits per heavy atom. The molecule has 0 fully saturated rings. The minimum Gasteiger partial charge on any atom is -0.367 e. The Morgan fingerprint density at radius 3 is 2.38 bits per heavy atom. The van der Waals surface area contributed by atoms with Crippen LogP contribution in [0.1, 0.15) is 29.3 Å². The maximum absolute atomic E-state index is 11.6. The molecule has 2 N–H and O–H groups in total. The molecule has 1 rings (SSSR count). The number of carbonyl (C=O) groups excluding carboxylic acids is 2. The molecule has 4 heteroatoms. The average Bonchev–Trinajstić information content (AvgIpc) is 2.28. The van der Waals surface area contributed by atoms with Crippen LogP contribution < -0.4 is 5.32 Å². The summed E-state index contributed by atoms with van der Waals surface area (Å²) in [6.45, 7) is 3.56. The van der Waals surface area contributed by atoms with Crippen molar-refractivity contribution in [2.75, 3.05) is 0 Å². The SMILES string of the molecule is CCC(=O)N[C@H](O)C(=O)c1ccc(C)cc1. The molecular formula is C12H15NO3. The van der Waals surface area contributed by atoms with E-state index in [2.05, 4.69) is 5.32 Å². The van der Waals surface area contributed by atoms with Crippen LogP contribution >= 0.6 is 0 Å². The largest absolute Gasteiger partial charge is 0.367 e. The number of aliphatic hydroxyl groups excluding tert-OH is 1. The summed E-state index contributed by atoms with van der Waals surface area (Å²) in [6, 6.07) is 6.81. The smallest absolute Gasteiger partial charge is 0.222 e. The number of rotatable bonds is 4. The van der Waals surface area contributed by atoms with E-state index in [4.69, 9.17) is 0 Å². The maximum atomic E-state index is 11.6. The van der Waals surface area contributed by atoms with E-state index < -0.39 is 12.0 Å². The molecule has 1 aromatic carbocycles. The molecule has 1 aromatic rings. The molecule has 0 aliphatic heterocycles. The highest BCUT2D eigenvalue weighted by Gasteiger charge is 2.18. The summed E-state index contributed by atoms with van der Waals surface area (Å²) < 4.78 is 0. The molecule has 1 amide bonds. The zero-order chi connectivity index (χ0) is 12.1. The number of amides is 1. The lowest BCUT2D eigenvalue weighted by molar-refractivity contribution is -0.123. The third kappa shape index (κ3) is 3.17. The standard InChI is InChI=1S/C12H15NO3/c1-3-10(14)13-12(16)11(15)9-6-4-8(2)5-7-9/h4-7,12,16H,3H2,1-2H3,(H,13,14)/t12-/m1/s1. The highest BCUT2D eigenvalue weighted by molar-refractivity contribution is 6.00. The van der Waals surface area contributed by atoms with Crippen molar-refractivity contribution in [2.24, 2.45) is 0 Å². The van der Waals surface area contributed by atoms with E-state index in [0.717, 1.165) is 5.56 Å². The van der Waals surface area contributed by atoms with E-state index in [1.165, 1.54) is 0 Å². The molecule has 0 bridgehead atoms. The number of nitrogens with one attached hydrogen (secondary N) is 1. The van der Waals surface area contributed by atoms with Gasteiger partial charge in [-0.05, 0) is 6.92 Å². The van der Waals surface area contributed by atoms with Gasteiger partial charge >= 0.3 is 0 Å². The first kappa shape index (κ1) is 12.4. The summed E-state index contributed by atoms with van der Waals surface area (Å²) >= 11 is 0. The highest BCUT2D eigenvalue weighted by atomic mass is 16.3. The Hall–Kier alpha value is -1.68. The van der Waals surface area contributed by atoms with Gasteiger partial charge in [0, 0.05) is 12.0 Å². The maximum Gasteiger partial charge on any atom is 0.222 e. The van der Waals surface area contributed by atoms with Crippen molar-refractivity contribution in [3.63, 3.8) is 0 Å². The van der Waals surface area contributed by atoms with Crippen LogP contribution in [0, 0.1) is 6.92 Å². The monoisotopic (exact) mass is 221 g/mol. The molecule has 0 aliphatic carbocycles. The van der Waals surface area contributed by atoms with Crippen LogP contribution in [0.5, 0.6) is 0 Å². The Balaban J connectivity index is 2.70. The Morgan fingerprint density at radius 1 is 1.31 bits per heavy atom. The second-order valence-corrected chi connectivity index (χ2v) is 3.55. The molecule has 16 heavy (non-hydrogen) atoms. The van der Waals surface area contributed by atoms with Gasteiger partial charge in [-0.15, -0.1) is 0 Å². The van der Waals surface area contributed by atoms with Gasteiger partial charge in [-0.25, -0.2) is 0 Å². The van der Waals surface area contributed by atoms with E-state index in [1.54, 1.807) is 31.2 Å². The van der Waals surface area contributed by atoms with E-state index in [9.17, 15) is 14.7 Å². The van der Waals surface area contributed by atoms with Gasteiger partial charge in [-0.2, -0.15) is 0 Å². The van der Waals surface area contributed by atoms with Crippen LogP contribution in [0.2, 0.25) is 0 Å². The molecule has 0 saturated heterocycles. The van der Waals surface area contributed by atoms with Crippen molar-refractivity contribution in [3.05, 3.63) is 35.4 Å². The van der Waals surface area contributed by atoms with Gasteiger partial charge in [0.05, 0.1) is 0 Å². The Kier molecular flexibility index (Phi) is 4.19. The normalized spacial score (nSPS) is 11.9. The molecular weight excluding hydrogens is 206 g/mol. The molecule has 0 spiro atoms. The number of hydrogen-bond donors (Lipinski definition) is 2. The van der Waals surface area contributed by atoms with Gasteiger partial charge < -0.3 is 10.4 Å². The third-order valence-electron chi connectivity index (χ3n) is 2.20. The molecule has 0 saturated carbocycles. The first-order valence-electron chi connectivity index (χ1n) is 5.13. The van der Waals surface area contributed by atoms with Crippen LogP contribution in [-0.2, 0) is 4.79 Å². The van der Waals surface area contributed by atoms with Crippen LogP contribution in [0.25, 0.3) is 0 Å². The van der Waals surface area contributed by atoms with Crippen molar-refractivity contribution in [2.45, 2.75) is 26.5 Å². The summed E-state index contributed by atoms with van der Waals surface area (Å²) in [7, 11) is 0. The quantitative estimate of drug-likeness (QED) is 0.589. The van der Waals surface area contributed by atoms with Gasteiger partial charge in [0.15, 0.2) is 6.23 Å². The molecule has 0 aliphatic rings. The number of aryl methyl sites for hydroxylation is 1. The summed E-state index contributed by atoms with van der Waals surface area (Å²) in [5.74, 6) is -0.852. The third-order valence-corrected chi connectivity index (χ3v) is 2.20. The average molecular weight is 221 g/mol. The molecule has 86 valence electrons. The minimum absolute atomic E-state index is 0.234. The predicted octanol–water partition coefficient (Wildman–Crippen LogP) is 1.02. The Labute approximate surface area is 94.3 Å². The predicted molar refractivity (Wildman–Crippen MR) is 60.0 cm³/mol. The summed E-state index contributed by atoms with van der Waals surface area (Å²) in [5, 5.41) is 11.7. The van der Waals surface area contributed by atoms with Gasteiger partial charge in [0.1, 0.15) is 0 Å². The summed E-state index contributed by atoms with van der Waals surface area (Å²) in [4.78, 5) is 22.6. The van der Waals surface area contributed by atoms with Crippen molar-refractivity contribution in [3.8, 4) is 0 Å². The first-order chi connectivity index (χ1) is 7.54. The van der Waals surface area contributed by atoms with Crippen LogP contribution in [-0.4, -0.2) is 23.0 Å². The topological polar surface area (TPSA) is 66.4 Å². The van der Waals surface area contributed by atoms with Crippen molar-refractivity contribution >= 4 is 11.7 Å². The Bertz CT molecular complexity index is 384. The van der Waals surface area contributed by atoms with E-state index in [1.807, 2.05) is 6.92 Å². The molecule has 0 unspecified atom stereocenters. The second-order valence-electron chi connectivity index (χ2n) is 3.55. The van der Waals surface area contributed by atoms with Crippen LogP contribution in [0.15, 0.2) is 24.3 Å². The molecule has 0 radical (unpaired) electrons. The van der Waals surface area contributed by atoms with Crippen molar-refractivity contribution in [1.82, 2.24) is 5.32 Å². The fourth-order valence-corrected chi connectivity index (χ4v) is 1.20. The van der Waals surface area contributed by atoms with E-state index >= 15 is 0 Å². The number of Topliss-reactive ketones (excluding diaryl/α,β-unsaturated/α-hetero) is 1. The van der Waals surface area contributed by atoms with Crippen LogP contribution in [0.4, 0.5) is 0 Å². The number of benzene rings is 1. The highest BCUT2D eigenvalue weighted by Crippen LogP contribution is 2.05. The lowest BCUT2D eigenvalue weighted by Gasteiger charge is -2.11. The second kappa shape index (κ2) is 5.42. The van der Waals surface area contributed by atoms with E-state index in [0.29, 0.717) is 5.56 Å².